The van der Waals surface area contributed by atoms with E-state index in [4.69, 9.17) is 16.6 Å². The molecule has 2 aromatic heterocycles. The van der Waals surface area contributed by atoms with Gasteiger partial charge in [-0.3, -0.25) is 4.79 Å². The third-order valence-electron chi connectivity index (χ3n) is 3.80. The number of halogens is 1. The Morgan fingerprint density at radius 1 is 1.17 bits per heavy atom. The molecule has 0 unspecified atom stereocenters. The zero-order chi connectivity index (χ0) is 16.6. The standard InChI is InChI=1S/C18H18ClN3O/c1-12-4-9-16-20-18(13-5-7-14(19)8-6-13)15(22(16)11-12)10-17(23)21(2)3/h4-9,11H,10H2,1-3H3. The van der Waals surface area contributed by atoms with Crippen molar-refractivity contribution in [1.29, 1.82) is 0 Å². The molecule has 0 aliphatic rings. The molecule has 0 spiro atoms. The second-order valence-electron chi connectivity index (χ2n) is 5.81. The van der Waals surface area contributed by atoms with Crippen LogP contribution >= 0.6 is 11.6 Å². The zero-order valence-corrected chi connectivity index (χ0v) is 14.1. The molecule has 3 aromatic rings. The minimum atomic E-state index is 0.0449. The van der Waals surface area contributed by atoms with E-state index in [1.54, 1.807) is 19.0 Å². The highest BCUT2D eigenvalue weighted by atomic mass is 35.5. The first-order valence-electron chi connectivity index (χ1n) is 7.39. The third kappa shape index (κ3) is 3.08. The van der Waals surface area contributed by atoms with Crippen LogP contribution in [0.1, 0.15) is 11.3 Å². The van der Waals surface area contributed by atoms with Crippen molar-refractivity contribution in [3.8, 4) is 11.3 Å². The molecule has 4 nitrogen and oxygen atoms in total. The van der Waals surface area contributed by atoms with Crippen LogP contribution in [0, 0.1) is 6.92 Å². The van der Waals surface area contributed by atoms with E-state index in [1.165, 1.54) is 0 Å². The van der Waals surface area contributed by atoms with Gasteiger partial charge in [0.2, 0.25) is 5.91 Å². The minimum absolute atomic E-state index is 0.0449. The number of aromatic nitrogens is 2. The molecule has 0 N–H and O–H groups in total. The SMILES string of the molecule is Cc1ccc2nc(-c3ccc(Cl)cc3)c(CC(=O)N(C)C)n2c1. The Kier molecular flexibility index (Phi) is 4.09. The van der Waals surface area contributed by atoms with Crippen molar-refractivity contribution in [2.45, 2.75) is 13.3 Å². The van der Waals surface area contributed by atoms with Gasteiger partial charge in [0.15, 0.2) is 0 Å². The Morgan fingerprint density at radius 2 is 1.87 bits per heavy atom. The van der Waals surface area contributed by atoms with Crippen LogP contribution in [0.15, 0.2) is 42.6 Å². The number of benzene rings is 1. The molecule has 0 aliphatic carbocycles. The molecule has 1 amide bonds. The van der Waals surface area contributed by atoms with E-state index >= 15 is 0 Å². The molecule has 0 fully saturated rings. The Morgan fingerprint density at radius 3 is 2.52 bits per heavy atom. The minimum Gasteiger partial charge on any atom is -0.348 e. The predicted molar refractivity (Wildman–Crippen MR) is 92.8 cm³/mol. The topological polar surface area (TPSA) is 37.6 Å². The molecular formula is C18H18ClN3O. The fourth-order valence-corrected chi connectivity index (χ4v) is 2.63. The first-order chi connectivity index (χ1) is 11.0. The summed E-state index contributed by atoms with van der Waals surface area (Å²) in [6.07, 6.45) is 2.32. The van der Waals surface area contributed by atoms with Gasteiger partial charge in [-0.25, -0.2) is 4.98 Å². The Balaban J connectivity index is 2.19. The van der Waals surface area contributed by atoms with Crippen LogP contribution in [0.2, 0.25) is 5.02 Å². The number of hydrogen-bond acceptors (Lipinski definition) is 2. The first-order valence-corrected chi connectivity index (χ1v) is 7.77. The molecule has 2 heterocycles. The van der Waals surface area contributed by atoms with Crippen molar-refractivity contribution in [3.05, 3.63) is 58.9 Å². The maximum absolute atomic E-state index is 12.2. The van der Waals surface area contributed by atoms with Crippen LogP contribution in [0.5, 0.6) is 0 Å². The molecule has 0 aliphatic heterocycles. The summed E-state index contributed by atoms with van der Waals surface area (Å²) in [6, 6.07) is 11.5. The third-order valence-corrected chi connectivity index (χ3v) is 4.05. The van der Waals surface area contributed by atoms with Crippen LogP contribution < -0.4 is 0 Å². The van der Waals surface area contributed by atoms with Crippen LogP contribution in [0.25, 0.3) is 16.9 Å². The van der Waals surface area contributed by atoms with E-state index in [0.717, 1.165) is 28.2 Å². The molecule has 1 aromatic carbocycles. The largest absolute Gasteiger partial charge is 0.348 e. The molecule has 118 valence electrons. The van der Waals surface area contributed by atoms with Gasteiger partial charge in [0.05, 0.1) is 17.8 Å². The van der Waals surface area contributed by atoms with Gasteiger partial charge in [-0.1, -0.05) is 29.8 Å². The van der Waals surface area contributed by atoms with Crippen LogP contribution in [-0.2, 0) is 11.2 Å². The summed E-state index contributed by atoms with van der Waals surface area (Å²) in [5, 5.41) is 0.680. The molecule has 5 heteroatoms. The summed E-state index contributed by atoms with van der Waals surface area (Å²) in [5.74, 6) is 0.0449. The van der Waals surface area contributed by atoms with Gasteiger partial charge < -0.3 is 9.30 Å². The summed E-state index contributed by atoms with van der Waals surface area (Å²) in [5.41, 5.74) is 4.63. The molecule has 3 rings (SSSR count). The highest BCUT2D eigenvalue weighted by Crippen LogP contribution is 2.27. The smallest absolute Gasteiger partial charge is 0.228 e. The normalized spacial score (nSPS) is 11.0. The van der Waals surface area contributed by atoms with E-state index < -0.39 is 0 Å². The van der Waals surface area contributed by atoms with Gasteiger partial charge in [-0.15, -0.1) is 0 Å². The molecule has 0 atom stereocenters. The molecule has 0 bridgehead atoms. The lowest BCUT2D eigenvalue weighted by Gasteiger charge is -2.11. The number of nitrogens with zero attached hydrogens (tertiary/aromatic N) is 3. The molecule has 0 saturated heterocycles. The first kappa shape index (κ1) is 15.6. The number of likely N-dealkylation sites (N-methyl/N-ethyl adjacent to an activating group) is 1. The highest BCUT2D eigenvalue weighted by Gasteiger charge is 2.18. The van der Waals surface area contributed by atoms with Gasteiger partial charge in [0.1, 0.15) is 5.65 Å². The van der Waals surface area contributed by atoms with Crippen molar-refractivity contribution in [1.82, 2.24) is 14.3 Å². The molecular weight excluding hydrogens is 310 g/mol. The van der Waals surface area contributed by atoms with Gasteiger partial charge >= 0.3 is 0 Å². The lowest BCUT2D eigenvalue weighted by molar-refractivity contribution is -0.128. The van der Waals surface area contributed by atoms with E-state index in [0.29, 0.717) is 11.4 Å². The number of carbonyl (C=O) groups is 1. The van der Waals surface area contributed by atoms with Crippen molar-refractivity contribution in [2.24, 2.45) is 0 Å². The fourth-order valence-electron chi connectivity index (χ4n) is 2.51. The summed E-state index contributed by atoms with van der Waals surface area (Å²) < 4.78 is 2.00. The summed E-state index contributed by atoms with van der Waals surface area (Å²) in [4.78, 5) is 18.6. The van der Waals surface area contributed by atoms with E-state index in [1.807, 2.05) is 53.9 Å². The Hall–Kier alpha value is -2.33. The number of hydrogen-bond donors (Lipinski definition) is 0. The maximum atomic E-state index is 12.2. The molecule has 0 radical (unpaired) electrons. The van der Waals surface area contributed by atoms with Crippen LogP contribution in [-0.4, -0.2) is 34.3 Å². The molecule has 0 saturated carbocycles. The maximum Gasteiger partial charge on any atom is 0.228 e. The summed E-state index contributed by atoms with van der Waals surface area (Å²) >= 11 is 5.98. The van der Waals surface area contributed by atoms with Gasteiger partial charge in [0, 0.05) is 30.9 Å². The number of fused-ring (bicyclic) bond motifs is 1. The quantitative estimate of drug-likeness (QED) is 0.737. The average Bonchev–Trinajstić information content (AvgIpc) is 2.86. The predicted octanol–water partition coefficient (Wildman–Crippen LogP) is 3.59. The van der Waals surface area contributed by atoms with Crippen molar-refractivity contribution in [2.75, 3.05) is 14.1 Å². The van der Waals surface area contributed by atoms with E-state index in [-0.39, 0.29) is 5.91 Å². The molecule has 23 heavy (non-hydrogen) atoms. The lowest BCUT2D eigenvalue weighted by atomic mass is 10.1. The second-order valence-corrected chi connectivity index (χ2v) is 6.25. The monoisotopic (exact) mass is 327 g/mol. The van der Waals surface area contributed by atoms with Gasteiger partial charge in [-0.2, -0.15) is 0 Å². The van der Waals surface area contributed by atoms with Crippen molar-refractivity contribution >= 4 is 23.2 Å². The van der Waals surface area contributed by atoms with Crippen molar-refractivity contribution in [3.63, 3.8) is 0 Å². The second kappa shape index (κ2) is 6.05. The highest BCUT2D eigenvalue weighted by molar-refractivity contribution is 6.30. The number of rotatable bonds is 3. The number of aryl methyl sites for hydroxylation is 1. The lowest BCUT2D eigenvalue weighted by Crippen LogP contribution is -2.24. The van der Waals surface area contributed by atoms with Crippen LogP contribution in [0.3, 0.4) is 0 Å². The van der Waals surface area contributed by atoms with Crippen LogP contribution in [0.4, 0.5) is 0 Å². The number of imidazole rings is 1. The average molecular weight is 328 g/mol. The number of amides is 1. The fraction of sp³-hybridized carbons (Fsp3) is 0.222. The van der Waals surface area contributed by atoms with E-state index in [2.05, 4.69) is 0 Å². The number of pyridine rings is 1. The summed E-state index contributed by atoms with van der Waals surface area (Å²) in [7, 11) is 3.53. The van der Waals surface area contributed by atoms with Gasteiger partial charge in [0.25, 0.3) is 0 Å². The zero-order valence-electron chi connectivity index (χ0n) is 13.4. The Labute approximate surface area is 140 Å². The number of carbonyl (C=O) groups excluding carboxylic acids is 1. The van der Waals surface area contributed by atoms with E-state index in [9.17, 15) is 4.79 Å². The van der Waals surface area contributed by atoms with Crippen molar-refractivity contribution < 1.29 is 4.79 Å². The van der Waals surface area contributed by atoms with Gasteiger partial charge in [-0.05, 0) is 30.7 Å². The Bertz CT molecular complexity index is 866. The summed E-state index contributed by atoms with van der Waals surface area (Å²) in [6.45, 7) is 2.03.